The molecule has 0 aliphatic carbocycles. The van der Waals surface area contributed by atoms with Crippen LogP contribution in [-0.4, -0.2) is 47.4 Å². The van der Waals surface area contributed by atoms with Gasteiger partial charge in [0.25, 0.3) is 5.91 Å². The first-order chi connectivity index (χ1) is 9.43. The Labute approximate surface area is 121 Å². The zero-order chi connectivity index (χ0) is 15.1. The number of amides is 2. The van der Waals surface area contributed by atoms with Gasteiger partial charge in [-0.2, -0.15) is 0 Å². The van der Waals surface area contributed by atoms with Crippen LogP contribution in [0.4, 0.5) is 0 Å². The van der Waals surface area contributed by atoms with E-state index in [1.165, 1.54) is 12.1 Å². The van der Waals surface area contributed by atoms with E-state index in [4.69, 9.17) is 16.7 Å². The molecule has 0 aliphatic heterocycles. The van der Waals surface area contributed by atoms with Crippen molar-refractivity contribution in [1.82, 2.24) is 10.2 Å². The summed E-state index contributed by atoms with van der Waals surface area (Å²) in [6, 6.07) is 6.22. The molecule has 108 valence electrons. The second kappa shape index (κ2) is 7.49. The number of halogens is 1. The van der Waals surface area contributed by atoms with E-state index in [0.29, 0.717) is 10.6 Å². The van der Waals surface area contributed by atoms with Gasteiger partial charge < -0.3 is 15.3 Å². The Balaban J connectivity index is 2.53. The number of nitrogens with one attached hydrogen (secondary N) is 1. The van der Waals surface area contributed by atoms with Crippen LogP contribution >= 0.6 is 11.6 Å². The van der Waals surface area contributed by atoms with Crippen LogP contribution in [0.2, 0.25) is 5.02 Å². The smallest absolute Gasteiger partial charge is 0.323 e. The molecule has 1 aromatic carbocycles. The third-order valence-corrected chi connectivity index (χ3v) is 2.82. The molecule has 7 heteroatoms. The van der Waals surface area contributed by atoms with E-state index in [-0.39, 0.29) is 19.6 Å². The zero-order valence-corrected chi connectivity index (χ0v) is 11.7. The Kier molecular flexibility index (Phi) is 5.99. The number of carboxylic acids is 1. The zero-order valence-electron chi connectivity index (χ0n) is 10.9. The molecule has 0 atom stereocenters. The first kappa shape index (κ1) is 16.0. The Morgan fingerprint density at radius 2 is 1.85 bits per heavy atom. The van der Waals surface area contributed by atoms with Gasteiger partial charge in [-0.15, -0.1) is 0 Å². The van der Waals surface area contributed by atoms with Gasteiger partial charge in [-0.3, -0.25) is 14.4 Å². The topological polar surface area (TPSA) is 86.7 Å². The van der Waals surface area contributed by atoms with Crippen molar-refractivity contribution in [3.8, 4) is 0 Å². The second-order valence-corrected chi connectivity index (χ2v) is 4.43. The Hall–Kier alpha value is -2.08. The summed E-state index contributed by atoms with van der Waals surface area (Å²) in [6.07, 6.45) is 0. The van der Waals surface area contributed by atoms with Crippen LogP contribution in [0.1, 0.15) is 17.3 Å². The normalized spacial score (nSPS) is 9.90. The molecule has 0 aliphatic rings. The van der Waals surface area contributed by atoms with Crippen LogP contribution < -0.4 is 5.32 Å². The molecule has 1 aromatic rings. The lowest BCUT2D eigenvalue weighted by Crippen LogP contribution is -2.42. The summed E-state index contributed by atoms with van der Waals surface area (Å²) in [7, 11) is 0. The number of carbonyl (C=O) groups is 3. The minimum Gasteiger partial charge on any atom is -0.480 e. The van der Waals surface area contributed by atoms with Gasteiger partial charge in [-0.05, 0) is 31.2 Å². The number of hydrogen-bond donors (Lipinski definition) is 2. The summed E-state index contributed by atoms with van der Waals surface area (Å²) in [4.78, 5) is 35.2. The van der Waals surface area contributed by atoms with E-state index >= 15 is 0 Å². The molecule has 0 fully saturated rings. The lowest BCUT2D eigenvalue weighted by atomic mass is 10.2. The number of benzene rings is 1. The van der Waals surface area contributed by atoms with E-state index in [0.717, 1.165) is 4.90 Å². The highest BCUT2D eigenvalue weighted by atomic mass is 35.5. The lowest BCUT2D eigenvalue weighted by molar-refractivity contribution is -0.143. The number of likely N-dealkylation sites (N-methyl/N-ethyl adjacent to an activating group) is 1. The van der Waals surface area contributed by atoms with Gasteiger partial charge in [0.1, 0.15) is 6.54 Å². The molecule has 2 amide bonds. The fraction of sp³-hybridized carbons (Fsp3) is 0.308. The minimum absolute atomic E-state index is 0.247. The Morgan fingerprint density at radius 1 is 1.25 bits per heavy atom. The van der Waals surface area contributed by atoms with Gasteiger partial charge >= 0.3 is 5.97 Å². The number of carbonyl (C=O) groups excluding carboxylic acids is 2. The van der Waals surface area contributed by atoms with Crippen molar-refractivity contribution >= 4 is 29.4 Å². The van der Waals surface area contributed by atoms with Crippen molar-refractivity contribution in [3.63, 3.8) is 0 Å². The van der Waals surface area contributed by atoms with E-state index in [1.54, 1.807) is 19.1 Å². The first-order valence-corrected chi connectivity index (χ1v) is 6.35. The third kappa shape index (κ3) is 4.89. The second-order valence-electron chi connectivity index (χ2n) is 3.99. The highest BCUT2D eigenvalue weighted by molar-refractivity contribution is 6.30. The van der Waals surface area contributed by atoms with Gasteiger partial charge in [0.2, 0.25) is 5.91 Å². The third-order valence-electron chi connectivity index (χ3n) is 2.57. The molecule has 20 heavy (non-hydrogen) atoms. The summed E-state index contributed by atoms with van der Waals surface area (Å²) in [6.45, 7) is 1.30. The fourth-order valence-corrected chi connectivity index (χ4v) is 1.64. The molecule has 1 rings (SSSR count). The van der Waals surface area contributed by atoms with Gasteiger partial charge in [-0.25, -0.2) is 0 Å². The van der Waals surface area contributed by atoms with Gasteiger partial charge in [0, 0.05) is 17.1 Å². The van der Waals surface area contributed by atoms with Crippen LogP contribution in [0.5, 0.6) is 0 Å². The summed E-state index contributed by atoms with van der Waals surface area (Å²) < 4.78 is 0. The van der Waals surface area contributed by atoms with Gasteiger partial charge in [0.15, 0.2) is 0 Å². The summed E-state index contributed by atoms with van der Waals surface area (Å²) in [5, 5.41) is 11.6. The molecule has 6 nitrogen and oxygen atoms in total. The van der Waals surface area contributed by atoms with Crippen LogP contribution in [0.3, 0.4) is 0 Å². The fourth-order valence-electron chi connectivity index (χ4n) is 1.51. The van der Waals surface area contributed by atoms with Crippen molar-refractivity contribution in [2.45, 2.75) is 6.92 Å². The van der Waals surface area contributed by atoms with Crippen molar-refractivity contribution in [2.75, 3.05) is 19.6 Å². The molecule has 0 bridgehead atoms. The molecule has 2 N–H and O–H groups in total. The van der Waals surface area contributed by atoms with Gasteiger partial charge in [0.05, 0.1) is 6.54 Å². The van der Waals surface area contributed by atoms with E-state index < -0.39 is 17.8 Å². The number of hydrogen-bond acceptors (Lipinski definition) is 3. The molecular weight excluding hydrogens is 284 g/mol. The quantitative estimate of drug-likeness (QED) is 0.820. The maximum atomic E-state index is 11.8. The first-order valence-electron chi connectivity index (χ1n) is 5.97. The molecule has 0 saturated heterocycles. The van der Waals surface area contributed by atoms with Gasteiger partial charge in [-0.1, -0.05) is 11.6 Å². The molecular formula is C13H15ClN2O4. The number of aliphatic carboxylic acids is 1. The summed E-state index contributed by atoms with van der Waals surface area (Å²) >= 11 is 5.70. The molecule has 0 radical (unpaired) electrons. The van der Waals surface area contributed by atoms with Crippen molar-refractivity contribution in [2.24, 2.45) is 0 Å². The average Bonchev–Trinajstić information content (AvgIpc) is 2.42. The van der Waals surface area contributed by atoms with E-state index in [9.17, 15) is 14.4 Å². The standard InChI is InChI=1S/C13H15ClN2O4/c1-2-16(8-12(18)19)11(17)7-15-13(20)9-3-5-10(14)6-4-9/h3-6H,2,7-8H2,1H3,(H,15,20)(H,18,19). The predicted molar refractivity (Wildman–Crippen MR) is 73.7 cm³/mol. The maximum Gasteiger partial charge on any atom is 0.323 e. The maximum absolute atomic E-state index is 11.8. The molecule has 0 unspecified atom stereocenters. The van der Waals surface area contributed by atoms with E-state index in [1.807, 2.05) is 0 Å². The number of rotatable bonds is 6. The van der Waals surface area contributed by atoms with Crippen LogP contribution in [0.15, 0.2) is 24.3 Å². The van der Waals surface area contributed by atoms with Crippen molar-refractivity contribution in [1.29, 1.82) is 0 Å². The van der Waals surface area contributed by atoms with Crippen LogP contribution in [0.25, 0.3) is 0 Å². The lowest BCUT2D eigenvalue weighted by Gasteiger charge is -2.18. The summed E-state index contributed by atoms with van der Waals surface area (Å²) in [5.74, 6) is -1.96. The number of carboxylic acid groups (broad SMARTS) is 1. The Morgan fingerprint density at radius 3 is 2.35 bits per heavy atom. The molecule has 0 aromatic heterocycles. The average molecular weight is 299 g/mol. The Bertz CT molecular complexity index is 502. The molecule has 0 heterocycles. The highest BCUT2D eigenvalue weighted by Crippen LogP contribution is 2.09. The van der Waals surface area contributed by atoms with Crippen LogP contribution in [0, 0.1) is 0 Å². The molecule has 0 saturated carbocycles. The predicted octanol–water partition coefficient (Wildman–Crippen LogP) is 1.00. The largest absolute Gasteiger partial charge is 0.480 e. The monoisotopic (exact) mass is 298 g/mol. The van der Waals surface area contributed by atoms with Crippen molar-refractivity contribution in [3.05, 3.63) is 34.9 Å². The SMILES string of the molecule is CCN(CC(=O)O)C(=O)CNC(=O)c1ccc(Cl)cc1. The molecule has 0 spiro atoms. The summed E-state index contributed by atoms with van der Waals surface area (Å²) in [5.41, 5.74) is 0.378. The highest BCUT2D eigenvalue weighted by Gasteiger charge is 2.16. The van der Waals surface area contributed by atoms with Crippen molar-refractivity contribution < 1.29 is 19.5 Å². The van der Waals surface area contributed by atoms with Crippen LogP contribution in [-0.2, 0) is 9.59 Å². The van der Waals surface area contributed by atoms with E-state index in [2.05, 4.69) is 5.32 Å². The number of nitrogens with zero attached hydrogens (tertiary/aromatic N) is 1. The minimum atomic E-state index is -1.09.